The summed E-state index contributed by atoms with van der Waals surface area (Å²) in [6.45, 7) is 7.00. The third-order valence-electron chi connectivity index (χ3n) is 3.17. The van der Waals surface area contributed by atoms with E-state index in [2.05, 4.69) is 17.1 Å². The fraction of sp³-hybridized carbons (Fsp3) is 0.769. The molecule has 0 aliphatic rings. The molecule has 98 valence electrons. The standard InChI is InChI=1S/C13H25N3O/c1-11-13(12(2)17-15-11)7-10-16(3)9-6-4-5-8-14/h4-10,14H2,1-3H3. The maximum Gasteiger partial charge on any atom is 0.137 e. The Hall–Kier alpha value is -0.870. The molecule has 1 aromatic heterocycles. The monoisotopic (exact) mass is 239 g/mol. The smallest absolute Gasteiger partial charge is 0.137 e. The first-order valence-electron chi connectivity index (χ1n) is 6.45. The van der Waals surface area contributed by atoms with Crippen LogP contribution in [0, 0.1) is 13.8 Å². The minimum absolute atomic E-state index is 0.808. The molecular formula is C13H25N3O. The van der Waals surface area contributed by atoms with Crippen LogP contribution in [0.1, 0.15) is 36.3 Å². The van der Waals surface area contributed by atoms with Crippen LogP contribution >= 0.6 is 0 Å². The molecule has 0 bridgehead atoms. The normalized spacial score (nSPS) is 11.4. The SMILES string of the molecule is Cc1noc(C)c1CCN(C)CCCCCN. The van der Waals surface area contributed by atoms with E-state index in [1.165, 1.54) is 18.4 Å². The molecule has 0 radical (unpaired) electrons. The molecule has 0 aliphatic carbocycles. The van der Waals surface area contributed by atoms with Crippen molar-refractivity contribution < 1.29 is 4.52 Å². The lowest BCUT2D eigenvalue weighted by Gasteiger charge is -2.16. The number of hydrogen-bond acceptors (Lipinski definition) is 4. The zero-order valence-corrected chi connectivity index (χ0v) is 11.3. The zero-order chi connectivity index (χ0) is 12.7. The molecule has 4 heteroatoms. The maximum atomic E-state index is 5.47. The van der Waals surface area contributed by atoms with E-state index in [4.69, 9.17) is 10.3 Å². The highest BCUT2D eigenvalue weighted by molar-refractivity contribution is 5.20. The van der Waals surface area contributed by atoms with E-state index in [0.717, 1.165) is 43.9 Å². The van der Waals surface area contributed by atoms with E-state index < -0.39 is 0 Å². The summed E-state index contributed by atoms with van der Waals surface area (Å²) in [5.74, 6) is 0.957. The van der Waals surface area contributed by atoms with E-state index >= 15 is 0 Å². The summed E-state index contributed by atoms with van der Waals surface area (Å²) in [7, 11) is 2.17. The van der Waals surface area contributed by atoms with Crippen LogP contribution in [-0.2, 0) is 6.42 Å². The molecule has 0 saturated carbocycles. The van der Waals surface area contributed by atoms with Gasteiger partial charge >= 0.3 is 0 Å². The highest BCUT2D eigenvalue weighted by Crippen LogP contribution is 2.13. The summed E-state index contributed by atoms with van der Waals surface area (Å²) >= 11 is 0. The number of nitrogens with zero attached hydrogens (tertiary/aromatic N) is 2. The van der Waals surface area contributed by atoms with Crippen molar-refractivity contribution in [1.82, 2.24) is 10.1 Å². The van der Waals surface area contributed by atoms with Crippen LogP contribution < -0.4 is 5.73 Å². The fourth-order valence-electron chi connectivity index (χ4n) is 1.98. The Bertz CT molecular complexity index is 303. The Morgan fingerprint density at radius 3 is 2.53 bits per heavy atom. The molecule has 0 saturated heterocycles. The van der Waals surface area contributed by atoms with Crippen molar-refractivity contribution >= 4 is 0 Å². The first-order valence-corrected chi connectivity index (χ1v) is 6.45. The van der Waals surface area contributed by atoms with Crippen molar-refractivity contribution in [3.63, 3.8) is 0 Å². The molecular weight excluding hydrogens is 214 g/mol. The summed E-state index contributed by atoms with van der Waals surface area (Å²) in [6, 6.07) is 0. The average Bonchev–Trinajstić information content (AvgIpc) is 2.62. The van der Waals surface area contributed by atoms with Gasteiger partial charge in [0.05, 0.1) is 5.69 Å². The third-order valence-corrected chi connectivity index (χ3v) is 3.17. The maximum absolute atomic E-state index is 5.47. The van der Waals surface area contributed by atoms with Gasteiger partial charge in [-0.1, -0.05) is 11.6 Å². The minimum Gasteiger partial charge on any atom is -0.361 e. The molecule has 0 amide bonds. The fourth-order valence-corrected chi connectivity index (χ4v) is 1.98. The number of likely N-dealkylation sites (N-methyl/N-ethyl adjacent to an activating group) is 1. The van der Waals surface area contributed by atoms with E-state index in [0.29, 0.717) is 0 Å². The quantitative estimate of drug-likeness (QED) is 0.704. The average molecular weight is 239 g/mol. The van der Waals surface area contributed by atoms with Crippen molar-refractivity contribution in [2.24, 2.45) is 5.73 Å². The molecule has 2 N–H and O–H groups in total. The van der Waals surface area contributed by atoms with Crippen LogP contribution in [0.4, 0.5) is 0 Å². The van der Waals surface area contributed by atoms with Crippen LogP contribution in [-0.4, -0.2) is 36.7 Å². The summed E-state index contributed by atoms with van der Waals surface area (Å²) < 4.78 is 5.16. The van der Waals surface area contributed by atoms with Gasteiger partial charge in [-0.3, -0.25) is 0 Å². The topological polar surface area (TPSA) is 55.3 Å². The Labute approximate surface area is 104 Å². The number of rotatable bonds is 8. The van der Waals surface area contributed by atoms with Gasteiger partial charge in [0.2, 0.25) is 0 Å². The van der Waals surface area contributed by atoms with E-state index in [1.807, 2.05) is 13.8 Å². The molecule has 0 fully saturated rings. The number of hydrogen-bond donors (Lipinski definition) is 1. The van der Waals surface area contributed by atoms with Gasteiger partial charge in [0.1, 0.15) is 5.76 Å². The second-order valence-electron chi connectivity index (χ2n) is 4.71. The molecule has 1 aromatic rings. The van der Waals surface area contributed by atoms with Crippen LogP contribution in [0.5, 0.6) is 0 Å². The van der Waals surface area contributed by atoms with Gasteiger partial charge < -0.3 is 15.2 Å². The molecule has 0 spiro atoms. The van der Waals surface area contributed by atoms with Crippen LogP contribution in [0.25, 0.3) is 0 Å². The predicted octanol–water partition coefficient (Wildman–Crippen LogP) is 1.89. The van der Waals surface area contributed by atoms with Gasteiger partial charge in [-0.25, -0.2) is 0 Å². The summed E-state index contributed by atoms with van der Waals surface area (Å²) in [6.07, 6.45) is 4.62. The van der Waals surface area contributed by atoms with Gasteiger partial charge in [0.15, 0.2) is 0 Å². The summed E-state index contributed by atoms with van der Waals surface area (Å²) in [5, 5.41) is 3.97. The summed E-state index contributed by atoms with van der Waals surface area (Å²) in [5.41, 5.74) is 7.76. The Kier molecular flexibility index (Phi) is 6.22. The molecule has 0 aliphatic heterocycles. The van der Waals surface area contributed by atoms with Gasteiger partial charge in [-0.05, 0) is 53.2 Å². The first-order chi connectivity index (χ1) is 8.15. The molecule has 1 rings (SSSR count). The highest BCUT2D eigenvalue weighted by atomic mass is 16.5. The number of nitrogens with two attached hydrogens (primary N) is 1. The number of aryl methyl sites for hydroxylation is 2. The Balaban J connectivity index is 2.21. The third kappa shape index (κ3) is 4.88. The molecule has 1 heterocycles. The Morgan fingerprint density at radius 1 is 1.18 bits per heavy atom. The zero-order valence-electron chi connectivity index (χ0n) is 11.3. The molecule has 17 heavy (non-hydrogen) atoms. The van der Waals surface area contributed by atoms with Crippen molar-refractivity contribution in [3.8, 4) is 0 Å². The van der Waals surface area contributed by atoms with Gasteiger partial charge in [-0.15, -0.1) is 0 Å². The lowest BCUT2D eigenvalue weighted by molar-refractivity contribution is 0.327. The van der Waals surface area contributed by atoms with Crippen LogP contribution in [0.15, 0.2) is 4.52 Å². The van der Waals surface area contributed by atoms with Crippen molar-refractivity contribution in [2.45, 2.75) is 39.5 Å². The number of aromatic nitrogens is 1. The second-order valence-corrected chi connectivity index (χ2v) is 4.71. The van der Waals surface area contributed by atoms with Gasteiger partial charge in [0, 0.05) is 12.1 Å². The first kappa shape index (κ1) is 14.2. The molecule has 0 atom stereocenters. The lowest BCUT2D eigenvalue weighted by atomic mass is 10.1. The van der Waals surface area contributed by atoms with Crippen molar-refractivity contribution in [3.05, 3.63) is 17.0 Å². The van der Waals surface area contributed by atoms with Gasteiger partial charge in [-0.2, -0.15) is 0 Å². The number of unbranched alkanes of at least 4 members (excludes halogenated alkanes) is 2. The highest BCUT2D eigenvalue weighted by Gasteiger charge is 2.09. The van der Waals surface area contributed by atoms with Crippen molar-refractivity contribution in [1.29, 1.82) is 0 Å². The van der Waals surface area contributed by atoms with Gasteiger partial charge in [0.25, 0.3) is 0 Å². The summed E-state index contributed by atoms with van der Waals surface area (Å²) in [4.78, 5) is 2.36. The van der Waals surface area contributed by atoms with Crippen LogP contribution in [0.2, 0.25) is 0 Å². The van der Waals surface area contributed by atoms with E-state index in [1.54, 1.807) is 0 Å². The lowest BCUT2D eigenvalue weighted by Crippen LogP contribution is -2.22. The molecule has 0 aromatic carbocycles. The minimum atomic E-state index is 0.808. The van der Waals surface area contributed by atoms with Crippen LogP contribution in [0.3, 0.4) is 0 Å². The molecule has 0 unspecified atom stereocenters. The van der Waals surface area contributed by atoms with E-state index in [-0.39, 0.29) is 0 Å². The Morgan fingerprint density at radius 2 is 1.94 bits per heavy atom. The second kappa shape index (κ2) is 7.45. The van der Waals surface area contributed by atoms with Crippen molar-refractivity contribution in [2.75, 3.05) is 26.7 Å². The van der Waals surface area contributed by atoms with E-state index in [9.17, 15) is 0 Å². The molecule has 4 nitrogen and oxygen atoms in total. The largest absolute Gasteiger partial charge is 0.361 e. The predicted molar refractivity (Wildman–Crippen MR) is 70.1 cm³/mol.